The van der Waals surface area contributed by atoms with Gasteiger partial charge in [-0.2, -0.15) is 5.10 Å². The van der Waals surface area contributed by atoms with Crippen LogP contribution in [-0.2, 0) is 21.5 Å². The number of hydrogen-bond donors (Lipinski definition) is 0. The minimum Gasteiger partial charge on any atom is -0.303 e. The summed E-state index contributed by atoms with van der Waals surface area (Å²) >= 11 is 0. The van der Waals surface area contributed by atoms with Crippen LogP contribution in [-0.4, -0.2) is 27.6 Å². The Morgan fingerprint density at radius 3 is 2.42 bits per heavy atom. The molecule has 0 amide bonds. The van der Waals surface area contributed by atoms with E-state index in [1.807, 2.05) is 25.5 Å². The third-order valence-electron chi connectivity index (χ3n) is 6.09. The molecule has 1 fully saturated rings. The maximum Gasteiger partial charge on any atom is 0.172 e. The predicted octanol–water partition coefficient (Wildman–Crippen LogP) is 2.81. The van der Waals surface area contributed by atoms with Crippen LogP contribution in [0.4, 0.5) is 0 Å². The summed E-state index contributed by atoms with van der Waals surface area (Å²) in [6.45, 7) is 11.8. The summed E-state index contributed by atoms with van der Waals surface area (Å²) in [5.74, 6) is -0.828. The third-order valence-corrected chi connectivity index (χ3v) is 6.09. The summed E-state index contributed by atoms with van der Waals surface area (Å²) in [6.07, 6.45) is 3.32. The number of rotatable bonds is 1. The van der Waals surface area contributed by atoms with E-state index in [1.54, 1.807) is 6.20 Å². The Kier molecular flexibility index (Phi) is 3.46. The molecule has 0 N–H and O–H groups in total. The molecule has 130 valence electrons. The molecule has 0 saturated heterocycles. The Morgan fingerprint density at radius 2 is 1.88 bits per heavy atom. The topological polar surface area (TPSA) is 69.0 Å². The Hall–Kier alpha value is -1.78. The molecule has 5 heteroatoms. The Labute approximate surface area is 142 Å². The van der Waals surface area contributed by atoms with Crippen molar-refractivity contribution in [3.05, 3.63) is 17.5 Å². The molecule has 0 spiro atoms. The number of carbonyl (C=O) groups excluding carboxylic acids is 3. The van der Waals surface area contributed by atoms with Crippen LogP contribution >= 0.6 is 0 Å². The lowest BCUT2D eigenvalue weighted by Gasteiger charge is -2.52. The average molecular weight is 330 g/mol. The van der Waals surface area contributed by atoms with Gasteiger partial charge < -0.3 is 4.79 Å². The van der Waals surface area contributed by atoms with Crippen molar-refractivity contribution in [2.75, 3.05) is 0 Å². The van der Waals surface area contributed by atoms with Crippen LogP contribution in [0.15, 0.2) is 6.20 Å². The van der Waals surface area contributed by atoms with Crippen molar-refractivity contribution in [1.29, 1.82) is 0 Å². The zero-order chi connectivity index (χ0) is 18.1. The number of hydrogen-bond acceptors (Lipinski definition) is 4. The minimum atomic E-state index is -0.709. The lowest BCUT2D eigenvalue weighted by atomic mass is 9.48. The van der Waals surface area contributed by atoms with Gasteiger partial charge in [0.1, 0.15) is 12.1 Å². The summed E-state index contributed by atoms with van der Waals surface area (Å²) in [4.78, 5) is 37.5. The monoisotopic (exact) mass is 330 g/mol. The molecule has 0 bridgehead atoms. The second kappa shape index (κ2) is 4.87. The van der Waals surface area contributed by atoms with Crippen molar-refractivity contribution in [2.24, 2.45) is 22.7 Å². The molecule has 1 unspecified atom stereocenters. The van der Waals surface area contributed by atoms with Crippen LogP contribution < -0.4 is 0 Å². The Bertz CT molecular complexity index is 738. The fourth-order valence-corrected chi connectivity index (χ4v) is 4.82. The van der Waals surface area contributed by atoms with Gasteiger partial charge in [-0.1, -0.05) is 20.8 Å². The first kappa shape index (κ1) is 17.1. The Morgan fingerprint density at radius 1 is 1.25 bits per heavy atom. The van der Waals surface area contributed by atoms with Crippen LogP contribution in [0.2, 0.25) is 0 Å². The molecule has 24 heavy (non-hydrogen) atoms. The van der Waals surface area contributed by atoms with E-state index in [0.29, 0.717) is 24.7 Å². The maximum atomic E-state index is 13.3. The van der Waals surface area contributed by atoms with Crippen molar-refractivity contribution >= 4 is 17.9 Å². The first-order valence-electron chi connectivity index (χ1n) is 8.56. The lowest BCUT2D eigenvalue weighted by Crippen LogP contribution is -2.58. The first-order chi connectivity index (χ1) is 10.9. The summed E-state index contributed by atoms with van der Waals surface area (Å²) in [7, 11) is 0. The van der Waals surface area contributed by atoms with Crippen LogP contribution in [0.25, 0.3) is 0 Å². The van der Waals surface area contributed by atoms with Gasteiger partial charge in [0.15, 0.2) is 5.78 Å². The summed E-state index contributed by atoms with van der Waals surface area (Å²) in [5, 5.41) is 4.46. The molecule has 3 rings (SSSR count). The standard InChI is InChI=1S/C19H26N2O3/c1-17(2,3)21-13-7-14-18(4,5)15(23)11(10-22)8-19(14,6)16(24)12(13)9-20-21/h9-11,14H,7-8H2,1-6H3/t11?,14-,19-/m0/s1. The van der Waals surface area contributed by atoms with E-state index >= 15 is 0 Å². The van der Waals surface area contributed by atoms with Crippen molar-refractivity contribution in [2.45, 2.75) is 59.9 Å². The molecule has 0 aromatic carbocycles. The Balaban J connectivity index is 2.18. The van der Waals surface area contributed by atoms with E-state index in [0.717, 1.165) is 5.69 Å². The zero-order valence-electron chi connectivity index (χ0n) is 15.3. The van der Waals surface area contributed by atoms with E-state index in [2.05, 4.69) is 25.9 Å². The number of Topliss-reactive ketones (excluding diaryl/α,β-unsaturated/α-hetero) is 2. The van der Waals surface area contributed by atoms with E-state index in [4.69, 9.17) is 0 Å². The van der Waals surface area contributed by atoms with Gasteiger partial charge in [0, 0.05) is 10.8 Å². The van der Waals surface area contributed by atoms with Gasteiger partial charge in [0.2, 0.25) is 0 Å². The highest BCUT2D eigenvalue weighted by atomic mass is 16.1. The number of aldehydes is 1. The van der Waals surface area contributed by atoms with Crippen molar-refractivity contribution in [1.82, 2.24) is 9.78 Å². The van der Waals surface area contributed by atoms with Gasteiger partial charge in [-0.25, -0.2) is 0 Å². The van der Waals surface area contributed by atoms with Gasteiger partial charge >= 0.3 is 0 Å². The maximum absolute atomic E-state index is 13.3. The van der Waals surface area contributed by atoms with Gasteiger partial charge in [-0.15, -0.1) is 0 Å². The highest BCUT2D eigenvalue weighted by Crippen LogP contribution is 2.56. The van der Waals surface area contributed by atoms with Crippen LogP contribution in [0, 0.1) is 22.7 Å². The van der Waals surface area contributed by atoms with E-state index in [9.17, 15) is 14.4 Å². The smallest absolute Gasteiger partial charge is 0.172 e. The van der Waals surface area contributed by atoms with Crippen LogP contribution in [0.3, 0.4) is 0 Å². The molecule has 0 aliphatic heterocycles. The van der Waals surface area contributed by atoms with Gasteiger partial charge in [0.05, 0.1) is 28.9 Å². The molecular weight excluding hydrogens is 304 g/mol. The van der Waals surface area contributed by atoms with Crippen LogP contribution in [0.1, 0.15) is 64.0 Å². The van der Waals surface area contributed by atoms with E-state index in [1.165, 1.54) is 0 Å². The molecule has 1 aromatic rings. The van der Waals surface area contributed by atoms with Crippen molar-refractivity contribution < 1.29 is 14.4 Å². The van der Waals surface area contributed by atoms with Gasteiger partial charge in [-0.05, 0) is 39.5 Å². The highest BCUT2D eigenvalue weighted by Gasteiger charge is 2.60. The molecule has 5 nitrogen and oxygen atoms in total. The zero-order valence-corrected chi connectivity index (χ0v) is 15.3. The SMILES string of the molecule is CC1(C)C(=O)C(C=O)C[C@]2(C)C(=O)c3cnn(C(C)(C)C)c3C[C@@H]12. The van der Waals surface area contributed by atoms with Crippen molar-refractivity contribution in [3.8, 4) is 0 Å². The largest absolute Gasteiger partial charge is 0.303 e. The number of aromatic nitrogens is 2. The highest BCUT2D eigenvalue weighted by molar-refractivity contribution is 6.06. The fourth-order valence-electron chi connectivity index (χ4n) is 4.82. The van der Waals surface area contributed by atoms with Gasteiger partial charge in [0.25, 0.3) is 0 Å². The first-order valence-corrected chi connectivity index (χ1v) is 8.56. The third kappa shape index (κ3) is 2.06. The second-order valence-electron chi connectivity index (χ2n) is 9.12. The normalized spacial score (nSPS) is 32.2. The summed E-state index contributed by atoms with van der Waals surface area (Å²) < 4.78 is 1.91. The second-order valence-corrected chi connectivity index (χ2v) is 9.12. The molecular formula is C19H26N2O3. The lowest BCUT2D eigenvalue weighted by molar-refractivity contribution is -0.146. The molecule has 2 aliphatic rings. The summed E-state index contributed by atoms with van der Waals surface area (Å²) in [5.41, 5.74) is -0.0602. The molecule has 1 saturated carbocycles. The number of nitrogens with zero attached hydrogens (tertiary/aromatic N) is 2. The summed E-state index contributed by atoms with van der Waals surface area (Å²) in [6, 6.07) is 0. The molecule has 2 aliphatic carbocycles. The van der Waals surface area contributed by atoms with E-state index < -0.39 is 16.7 Å². The van der Waals surface area contributed by atoms with E-state index in [-0.39, 0.29) is 23.0 Å². The van der Waals surface area contributed by atoms with Gasteiger partial charge in [-0.3, -0.25) is 14.3 Å². The van der Waals surface area contributed by atoms with Crippen molar-refractivity contribution in [3.63, 3.8) is 0 Å². The van der Waals surface area contributed by atoms with Crippen LogP contribution in [0.5, 0.6) is 0 Å². The molecule has 3 atom stereocenters. The molecule has 1 aromatic heterocycles. The number of carbonyl (C=O) groups is 3. The molecule has 1 heterocycles. The quantitative estimate of drug-likeness (QED) is 0.586. The predicted molar refractivity (Wildman–Crippen MR) is 89.8 cm³/mol. The number of ketones is 2. The molecule has 0 radical (unpaired) electrons. The fraction of sp³-hybridized carbons (Fsp3) is 0.684. The number of fused-ring (bicyclic) bond motifs is 2. The minimum absolute atomic E-state index is 0.0247. The average Bonchev–Trinajstić information content (AvgIpc) is 2.90.